The minimum absolute atomic E-state index is 0. The summed E-state index contributed by atoms with van der Waals surface area (Å²) < 4.78 is 5.13. The molecule has 13 heteroatoms. The van der Waals surface area contributed by atoms with E-state index in [2.05, 4.69) is 20.9 Å². The van der Waals surface area contributed by atoms with Crippen molar-refractivity contribution in [1.29, 1.82) is 0 Å². The van der Waals surface area contributed by atoms with Gasteiger partial charge in [-0.1, -0.05) is 26.0 Å². The smallest absolute Gasteiger partial charge is 0.263 e. The molecule has 228 valence electrons. The molecule has 0 radical (unpaired) electrons. The number of carbonyl (C=O) groups excluding carboxylic acids is 2. The van der Waals surface area contributed by atoms with Gasteiger partial charge in [0.25, 0.3) is 5.91 Å². The van der Waals surface area contributed by atoms with Crippen molar-refractivity contribution in [3.05, 3.63) is 29.1 Å². The molecule has 0 spiro atoms. The molecule has 0 fully saturated rings. The van der Waals surface area contributed by atoms with E-state index in [1.807, 2.05) is 70.7 Å². The highest BCUT2D eigenvalue weighted by atomic mass is 35.5. The Hall–Kier alpha value is -3.03. The number of rotatable bonds is 11. The van der Waals surface area contributed by atoms with Gasteiger partial charge in [0.05, 0.1) is 29.9 Å². The number of nitrogens with one attached hydrogen (secondary N) is 3. The monoisotopic (exact) mass is 608 g/mol. The quantitative estimate of drug-likeness (QED) is 0.215. The molecule has 2 amide bonds. The molecule has 0 bridgehead atoms. The van der Waals surface area contributed by atoms with Crippen LogP contribution in [-0.4, -0.2) is 78.7 Å². The highest BCUT2D eigenvalue weighted by Gasteiger charge is 2.25. The lowest BCUT2D eigenvalue weighted by atomic mass is 10.1. The second kappa shape index (κ2) is 17.0. The number of carbonyl (C=O) groups is 2. The third-order valence-corrected chi connectivity index (χ3v) is 6.56. The Balaban J connectivity index is 0.00000201. The van der Waals surface area contributed by atoms with Crippen LogP contribution in [0.5, 0.6) is 0 Å². The van der Waals surface area contributed by atoms with Gasteiger partial charge in [-0.05, 0) is 52.9 Å². The third kappa shape index (κ3) is 10.7. The molecule has 2 aromatic heterocycles. The molecule has 2 heterocycles. The van der Waals surface area contributed by atoms with Crippen LogP contribution in [0.25, 0.3) is 21.5 Å². The van der Waals surface area contributed by atoms with Crippen molar-refractivity contribution in [3.8, 4) is 11.3 Å². The number of thiophene rings is 1. The van der Waals surface area contributed by atoms with Gasteiger partial charge in [-0.3, -0.25) is 14.5 Å². The zero-order chi connectivity index (χ0) is 29.9. The molecule has 0 aliphatic carbocycles. The zero-order valence-corrected chi connectivity index (χ0v) is 26.7. The number of likely N-dealkylation sites (N-methyl/N-ethyl adjacent to an activating group) is 1. The van der Waals surface area contributed by atoms with Crippen molar-refractivity contribution >= 4 is 63.1 Å². The van der Waals surface area contributed by atoms with Gasteiger partial charge in [-0.15, -0.1) is 23.7 Å². The van der Waals surface area contributed by atoms with E-state index in [1.165, 1.54) is 11.3 Å². The molecule has 0 saturated heterocycles. The maximum absolute atomic E-state index is 13.0. The SMILES string of the molecule is CCN.CCNc1nc(-c2cccc(NC(=O)CN(CC)CCOC)c2)c2c(N)c(C(=O)NC(C)(C)C)sc2n1.Cl. The lowest BCUT2D eigenvalue weighted by molar-refractivity contribution is -0.117. The third-order valence-electron chi connectivity index (χ3n) is 5.46. The van der Waals surface area contributed by atoms with Crippen LogP contribution in [0.4, 0.5) is 17.3 Å². The summed E-state index contributed by atoms with van der Waals surface area (Å²) in [7, 11) is 1.64. The fourth-order valence-corrected chi connectivity index (χ4v) is 4.74. The molecule has 3 aromatic rings. The number of benzene rings is 1. The summed E-state index contributed by atoms with van der Waals surface area (Å²) in [4.78, 5) is 38.0. The topological polar surface area (TPSA) is 161 Å². The van der Waals surface area contributed by atoms with E-state index in [4.69, 9.17) is 21.2 Å². The van der Waals surface area contributed by atoms with Gasteiger partial charge in [-0.2, -0.15) is 0 Å². The van der Waals surface area contributed by atoms with Crippen LogP contribution in [0.15, 0.2) is 24.3 Å². The normalized spacial score (nSPS) is 11.0. The first-order chi connectivity index (χ1) is 19.0. The van der Waals surface area contributed by atoms with E-state index >= 15 is 0 Å². The summed E-state index contributed by atoms with van der Waals surface area (Å²) >= 11 is 1.24. The number of nitrogens with two attached hydrogens (primary N) is 2. The first kappa shape index (κ1) is 36.0. The van der Waals surface area contributed by atoms with Crippen LogP contribution < -0.4 is 27.4 Å². The number of halogens is 1. The minimum Gasteiger partial charge on any atom is -0.397 e. The largest absolute Gasteiger partial charge is 0.397 e. The van der Waals surface area contributed by atoms with Gasteiger partial charge >= 0.3 is 0 Å². The van der Waals surface area contributed by atoms with Crippen molar-refractivity contribution in [2.75, 3.05) is 62.8 Å². The van der Waals surface area contributed by atoms with E-state index in [0.29, 0.717) is 57.8 Å². The highest BCUT2D eigenvalue weighted by molar-refractivity contribution is 7.21. The second-order valence-electron chi connectivity index (χ2n) is 10.1. The molecule has 7 N–H and O–H groups in total. The average molecular weight is 609 g/mol. The van der Waals surface area contributed by atoms with Crippen molar-refractivity contribution in [1.82, 2.24) is 20.2 Å². The van der Waals surface area contributed by atoms with E-state index < -0.39 is 5.54 Å². The Labute approximate surface area is 253 Å². The maximum atomic E-state index is 13.0. The number of nitrogen functional groups attached to an aromatic ring is 1. The summed E-state index contributed by atoms with van der Waals surface area (Å²) in [5.74, 6) is 0.0755. The summed E-state index contributed by atoms with van der Waals surface area (Å²) in [6.45, 7) is 15.2. The second-order valence-corrected chi connectivity index (χ2v) is 11.1. The molecule has 0 saturated carbocycles. The number of hydrogen-bond donors (Lipinski definition) is 5. The highest BCUT2D eigenvalue weighted by Crippen LogP contribution is 2.39. The van der Waals surface area contributed by atoms with Crippen LogP contribution in [0, 0.1) is 0 Å². The van der Waals surface area contributed by atoms with E-state index in [0.717, 1.165) is 18.7 Å². The number of amides is 2. The summed E-state index contributed by atoms with van der Waals surface area (Å²) in [5, 5.41) is 9.71. The van der Waals surface area contributed by atoms with Gasteiger partial charge < -0.3 is 32.2 Å². The number of nitrogens with zero attached hydrogens (tertiary/aromatic N) is 3. The van der Waals surface area contributed by atoms with Gasteiger partial charge in [-0.25, -0.2) is 9.97 Å². The Morgan fingerprint density at radius 1 is 1.15 bits per heavy atom. The summed E-state index contributed by atoms with van der Waals surface area (Å²) in [6.07, 6.45) is 0. The van der Waals surface area contributed by atoms with Crippen LogP contribution in [-0.2, 0) is 9.53 Å². The lowest BCUT2D eigenvalue weighted by Gasteiger charge is -2.20. The van der Waals surface area contributed by atoms with Crippen LogP contribution in [0.3, 0.4) is 0 Å². The van der Waals surface area contributed by atoms with E-state index in [1.54, 1.807) is 7.11 Å². The molecule has 0 aliphatic heterocycles. The fourth-order valence-electron chi connectivity index (χ4n) is 3.75. The fraction of sp³-hybridized carbons (Fsp3) is 0.500. The van der Waals surface area contributed by atoms with E-state index in [9.17, 15) is 9.59 Å². The molecule has 3 rings (SSSR count). The van der Waals surface area contributed by atoms with Crippen molar-refractivity contribution in [2.45, 2.75) is 47.1 Å². The molecule has 11 nitrogen and oxygen atoms in total. The summed E-state index contributed by atoms with van der Waals surface area (Å²) in [6, 6.07) is 7.43. The average Bonchev–Trinajstić information content (AvgIpc) is 3.22. The minimum atomic E-state index is -0.410. The molecule has 0 atom stereocenters. The molecular weight excluding hydrogens is 564 g/mol. The number of methoxy groups -OCH3 is 1. The van der Waals surface area contributed by atoms with E-state index in [-0.39, 0.29) is 30.8 Å². The number of fused-ring (bicyclic) bond motifs is 1. The molecule has 0 aliphatic rings. The number of hydrogen-bond acceptors (Lipinski definition) is 10. The zero-order valence-electron chi connectivity index (χ0n) is 25.1. The molecular formula is C28H45ClN8O3S. The van der Waals surface area contributed by atoms with Crippen molar-refractivity contribution in [3.63, 3.8) is 0 Å². The van der Waals surface area contributed by atoms with Crippen molar-refractivity contribution in [2.24, 2.45) is 5.73 Å². The standard InChI is InChI=1S/C26H37N7O3S.C2H7N.ClH/c1-7-28-25-30-21(19-20(27)22(37-24(19)31-25)23(35)32-26(3,4)5)16-10-9-11-17(14-16)29-18(34)15-33(8-2)12-13-36-6;1-2-3;/h9-11,14H,7-8,12-13,15,27H2,1-6H3,(H,29,34)(H,32,35)(H,28,30,31);2-3H2,1H3;1H. The van der Waals surface area contributed by atoms with Crippen LogP contribution >= 0.6 is 23.7 Å². The first-order valence-corrected chi connectivity index (χ1v) is 14.3. The van der Waals surface area contributed by atoms with Gasteiger partial charge in [0.15, 0.2) is 0 Å². The predicted octanol–water partition coefficient (Wildman–Crippen LogP) is 4.19. The Kier molecular flexibility index (Phi) is 15.0. The summed E-state index contributed by atoms with van der Waals surface area (Å²) in [5.41, 5.74) is 13.3. The van der Waals surface area contributed by atoms with Gasteiger partial charge in [0.1, 0.15) is 9.71 Å². The number of anilines is 3. The Morgan fingerprint density at radius 2 is 1.83 bits per heavy atom. The molecule has 1 aromatic carbocycles. The lowest BCUT2D eigenvalue weighted by Crippen LogP contribution is -2.40. The van der Waals surface area contributed by atoms with Gasteiger partial charge in [0, 0.05) is 37.0 Å². The van der Waals surface area contributed by atoms with Crippen LogP contribution in [0.2, 0.25) is 0 Å². The number of aromatic nitrogens is 2. The van der Waals surface area contributed by atoms with Crippen molar-refractivity contribution < 1.29 is 14.3 Å². The molecule has 0 unspecified atom stereocenters. The molecule has 41 heavy (non-hydrogen) atoms. The maximum Gasteiger partial charge on any atom is 0.263 e. The predicted molar refractivity (Wildman–Crippen MR) is 173 cm³/mol. The Bertz CT molecular complexity index is 1280. The van der Waals surface area contributed by atoms with Crippen LogP contribution in [0.1, 0.15) is 51.2 Å². The van der Waals surface area contributed by atoms with Gasteiger partial charge in [0.2, 0.25) is 11.9 Å². The Morgan fingerprint density at radius 3 is 2.41 bits per heavy atom. The number of ether oxygens (including phenoxy) is 1. The first-order valence-electron chi connectivity index (χ1n) is 13.5.